The van der Waals surface area contributed by atoms with Crippen LogP contribution in [0.5, 0.6) is 0 Å². The molecule has 0 radical (unpaired) electrons. The maximum Gasteiger partial charge on any atom is 0.193 e. The fourth-order valence-electron chi connectivity index (χ4n) is 2.80. The van der Waals surface area contributed by atoms with Crippen molar-refractivity contribution in [1.82, 2.24) is 15.2 Å². The first-order valence-electron chi connectivity index (χ1n) is 8.57. The van der Waals surface area contributed by atoms with Crippen LogP contribution in [0.25, 0.3) is 0 Å². The van der Waals surface area contributed by atoms with Crippen molar-refractivity contribution in [3.63, 3.8) is 0 Å². The van der Waals surface area contributed by atoms with Gasteiger partial charge in [-0.25, -0.2) is 4.98 Å². The number of halogens is 1. The van der Waals surface area contributed by atoms with Crippen LogP contribution < -0.4 is 5.32 Å². The number of guanidine groups is 1. The number of nitrogens with zero attached hydrogens (tertiary/aromatic N) is 3. The SMILES string of the molecule is CCNC(=NCCc1nc(CC)c(C)s1)N1CCSC(C)(C)C1.I. The number of rotatable bonds is 5. The molecule has 1 N–H and O–H groups in total. The molecule has 1 saturated heterocycles. The maximum absolute atomic E-state index is 4.85. The Morgan fingerprint density at radius 1 is 1.38 bits per heavy atom. The predicted molar refractivity (Wildman–Crippen MR) is 119 cm³/mol. The summed E-state index contributed by atoms with van der Waals surface area (Å²) in [7, 11) is 0. The van der Waals surface area contributed by atoms with Crippen LogP contribution in [0.15, 0.2) is 4.99 Å². The Balaban J connectivity index is 0.00000288. The normalized spacial score (nSPS) is 17.5. The summed E-state index contributed by atoms with van der Waals surface area (Å²) in [4.78, 5) is 13.3. The molecular formula is C17H31IN4S2. The van der Waals surface area contributed by atoms with E-state index in [2.05, 4.69) is 56.6 Å². The van der Waals surface area contributed by atoms with Crippen molar-refractivity contribution in [1.29, 1.82) is 0 Å². The van der Waals surface area contributed by atoms with Gasteiger partial charge in [-0.1, -0.05) is 6.92 Å². The van der Waals surface area contributed by atoms with E-state index in [1.807, 2.05) is 11.3 Å². The van der Waals surface area contributed by atoms with Gasteiger partial charge in [0.25, 0.3) is 0 Å². The van der Waals surface area contributed by atoms with Crippen LogP contribution in [0.2, 0.25) is 0 Å². The molecule has 2 rings (SSSR count). The van der Waals surface area contributed by atoms with Crippen molar-refractivity contribution in [2.24, 2.45) is 4.99 Å². The van der Waals surface area contributed by atoms with E-state index < -0.39 is 0 Å². The smallest absolute Gasteiger partial charge is 0.193 e. The third-order valence-corrected chi connectivity index (χ3v) is 6.29. The molecule has 4 nitrogen and oxygen atoms in total. The number of thiazole rings is 1. The molecule has 24 heavy (non-hydrogen) atoms. The van der Waals surface area contributed by atoms with E-state index >= 15 is 0 Å². The Hall–Kier alpha value is -0.0200. The lowest BCUT2D eigenvalue weighted by Gasteiger charge is -2.39. The molecule has 2 heterocycles. The topological polar surface area (TPSA) is 40.5 Å². The monoisotopic (exact) mass is 482 g/mol. The highest BCUT2D eigenvalue weighted by Crippen LogP contribution is 2.29. The molecule has 7 heteroatoms. The number of aryl methyl sites for hydroxylation is 2. The van der Waals surface area contributed by atoms with Crippen molar-refractivity contribution in [2.75, 3.05) is 31.9 Å². The molecule has 1 aliphatic heterocycles. The lowest BCUT2D eigenvalue weighted by molar-refractivity contribution is 0.376. The van der Waals surface area contributed by atoms with Gasteiger partial charge in [-0.2, -0.15) is 11.8 Å². The number of hydrogen-bond donors (Lipinski definition) is 1. The Kier molecular flexibility index (Phi) is 9.37. The molecule has 0 aliphatic carbocycles. The standard InChI is InChI=1S/C17H30N4S2.HI/c1-6-14-13(3)23-15(20-14)8-9-19-16(18-7-2)21-10-11-22-17(4,5)12-21;/h6-12H2,1-5H3,(H,18,19);1H. The molecule has 0 atom stereocenters. The van der Waals surface area contributed by atoms with Crippen LogP contribution in [0.4, 0.5) is 0 Å². The number of nitrogens with one attached hydrogen (secondary N) is 1. The Morgan fingerprint density at radius 2 is 2.12 bits per heavy atom. The first kappa shape index (κ1) is 22.0. The van der Waals surface area contributed by atoms with Gasteiger partial charge in [-0.3, -0.25) is 4.99 Å². The molecule has 1 aromatic heterocycles. The number of aliphatic imine (C=N–C) groups is 1. The predicted octanol–water partition coefficient (Wildman–Crippen LogP) is 3.97. The molecule has 1 aromatic rings. The summed E-state index contributed by atoms with van der Waals surface area (Å²) in [5.41, 5.74) is 1.25. The highest BCUT2D eigenvalue weighted by atomic mass is 127. The molecule has 0 spiro atoms. The fourth-order valence-corrected chi connectivity index (χ4v) is 4.92. The van der Waals surface area contributed by atoms with E-state index in [1.165, 1.54) is 21.3 Å². The summed E-state index contributed by atoms with van der Waals surface area (Å²) >= 11 is 3.88. The van der Waals surface area contributed by atoms with Gasteiger partial charge in [-0.15, -0.1) is 35.3 Å². The molecule has 0 amide bonds. The van der Waals surface area contributed by atoms with Gasteiger partial charge in [0.05, 0.1) is 10.7 Å². The van der Waals surface area contributed by atoms with E-state index in [1.54, 1.807) is 0 Å². The van der Waals surface area contributed by atoms with E-state index in [4.69, 9.17) is 9.98 Å². The van der Waals surface area contributed by atoms with E-state index in [-0.39, 0.29) is 24.0 Å². The second-order valence-corrected chi connectivity index (χ2v) is 9.57. The lowest BCUT2D eigenvalue weighted by Crippen LogP contribution is -2.51. The highest BCUT2D eigenvalue weighted by molar-refractivity contribution is 14.0. The van der Waals surface area contributed by atoms with Crippen molar-refractivity contribution in [3.05, 3.63) is 15.6 Å². The van der Waals surface area contributed by atoms with Crippen LogP contribution in [-0.4, -0.2) is 52.5 Å². The summed E-state index contributed by atoms with van der Waals surface area (Å²) in [6.07, 6.45) is 1.96. The number of aromatic nitrogens is 1. The Labute approximate surface area is 172 Å². The van der Waals surface area contributed by atoms with Gasteiger partial charge >= 0.3 is 0 Å². The van der Waals surface area contributed by atoms with Gasteiger partial charge in [0, 0.05) is 48.0 Å². The van der Waals surface area contributed by atoms with E-state index in [0.29, 0.717) is 4.75 Å². The summed E-state index contributed by atoms with van der Waals surface area (Å²) in [5, 5.41) is 4.67. The summed E-state index contributed by atoms with van der Waals surface area (Å²) in [5.74, 6) is 2.23. The van der Waals surface area contributed by atoms with Crippen LogP contribution >= 0.6 is 47.1 Å². The Morgan fingerprint density at radius 3 is 2.71 bits per heavy atom. The van der Waals surface area contributed by atoms with Crippen LogP contribution in [0.3, 0.4) is 0 Å². The van der Waals surface area contributed by atoms with Crippen LogP contribution in [0.1, 0.15) is 43.3 Å². The zero-order chi connectivity index (χ0) is 16.9. The first-order chi connectivity index (χ1) is 10.9. The molecule has 0 unspecified atom stereocenters. The quantitative estimate of drug-likeness (QED) is 0.392. The minimum absolute atomic E-state index is 0. The molecule has 0 bridgehead atoms. The zero-order valence-corrected chi connectivity index (χ0v) is 19.5. The van der Waals surface area contributed by atoms with Gasteiger partial charge in [0.1, 0.15) is 0 Å². The lowest BCUT2D eigenvalue weighted by atomic mass is 10.2. The number of thioether (sulfide) groups is 1. The second-order valence-electron chi connectivity index (χ2n) is 6.48. The first-order valence-corrected chi connectivity index (χ1v) is 10.4. The molecule has 0 aromatic carbocycles. The van der Waals surface area contributed by atoms with Gasteiger partial charge in [-0.05, 0) is 34.1 Å². The average Bonchev–Trinajstić information content (AvgIpc) is 2.85. The third kappa shape index (κ3) is 6.37. The summed E-state index contributed by atoms with van der Waals surface area (Å²) < 4.78 is 0.302. The van der Waals surface area contributed by atoms with E-state index in [0.717, 1.165) is 45.0 Å². The summed E-state index contributed by atoms with van der Waals surface area (Å²) in [6, 6.07) is 0. The molecule has 1 fully saturated rings. The van der Waals surface area contributed by atoms with Crippen LogP contribution in [0, 0.1) is 6.92 Å². The fraction of sp³-hybridized carbons (Fsp3) is 0.765. The number of hydrogen-bond acceptors (Lipinski definition) is 4. The largest absolute Gasteiger partial charge is 0.357 e. The Bertz CT molecular complexity index is 543. The van der Waals surface area contributed by atoms with Gasteiger partial charge < -0.3 is 10.2 Å². The average molecular weight is 483 g/mol. The zero-order valence-electron chi connectivity index (χ0n) is 15.5. The van der Waals surface area contributed by atoms with Crippen molar-refractivity contribution in [3.8, 4) is 0 Å². The van der Waals surface area contributed by atoms with E-state index in [9.17, 15) is 0 Å². The van der Waals surface area contributed by atoms with Crippen molar-refractivity contribution < 1.29 is 0 Å². The van der Waals surface area contributed by atoms with Crippen LogP contribution in [-0.2, 0) is 12.8 Å². The minimum atomic E-state index is 0. The van der Waals surface area contributed by atoms with Gasteiger partial charge in [0.2, 0.25) is 0 Å². The molecular weight excluding hydrogens is 451 g/mol. The van der Waals surface area contributed by atoms with Gasteiger partial charge in [0.15, 0.2) is 5.96 Å². The molecule has 138 valence electrons. The summed E-state index contributed by atoms with van der Waals surface area (Å²) in [6.45, 7) is 15.0. The molecule has 1 aliphatic rings. The molecule has 0 saturated carbocycles. The highest BCUT2D eigenvalue weighted by Gasteiger charge is 2.28. The van der Waals surface area contributed by atoms with Crippen molar-refractivity contribution >= 4 is 53.0 Å². The minimum Gasteiger partial charge on any atom is -0.357 e. The third-order valence-electron chi connectivity index (χ3n) is 3.92. The second kappa shape index (κ2) is 10.2. The van der Waals surface area contributed by atoms with Crippen molar-refractivity contribution in [2.45, 2.75) is 52.2 Å². The maximum atomic E-state index is 4.85.